The Morgan fingerprint density at radius 2 is 2.33 bits per heavy atom. The summed E-state index contributed by atoms with van der Waals surface area (Å²) in [5.41, 5.74) is 0.112. The van der Waals surface area contributed by atoms with Crippen molar-refractivity contribution in [2.45, 2.75) is 0 Å². The predicted octanol–water partition coefficient (Wildman–Crippen LogP) is 2.76. The number of aromatic nitrogens is 1. The third-order valence-electron chi connectivity index (χ3n) is 2.15. The van der Waals surface area contributed by atoms with Crippen LogP contribution in [0.3, 0.4) is 0 Å². The average molecular weight is 285 g/mol. The van der Waals surface area contributed by atoms with Crippen LogP contribution in [0, 0.1) is 0 Å². The number of nitrogens with zero attached hydrogens (tertiary/aromatic N) is 1. The monoisotopic (exact) mass is 284 g/mol. The second kappa shape index (κ2) is 5.24. The normalized spacial score (nSPS) is 10.1. The number of phenolic OH excluding ortho intramolecular Hbond substituents is 1. The Labute approximate surface area is 112 Å². The number of amides is 1. The minimum atomic E-state index is -0.475. The molecule has 0 unspecified atom stereocenters. The summed E-state index contributed by atoms with van der Waals surface area (Å²) in [6, 6.07) is 4.40. The zero-order valence-corrected chi connectivity index (χ0v) is 10.9. The van der Waals surface area contributed by atoms with Crippen LogP contribution in [-0.4, -0.2) is 23.1 Å². The lowest BCUT2D eigenvalue weighted by Gasteiger charge is -2.06. The number of hydrogen-bond donors (Lipinski definition) is 2. The van der Waals surface area contributed by atoms with Gasteiger partial charge in [0, 0.05) is 0 Å². The first kappa shape index (κ1) is 12.7. The van der Waals surface area contributed by atoms with Crippen molar-refractivity contribution >= 4 is 34.0 Å². The molecule has 1 amide bonds. The van der Waals surface area contributed by atoms with Crippen LogP contribution < -0.4 is 10.1 Å². The highest BCUT2D eigenvalue weighted by molar-refractivity contribution is 7.19. The van der Waals surface area contributed by atoms with Crippen molar-refractivity contribution in [3.63, 3.8) is 0 Å². The topological polar surface area (TPSA) is 71.5 Å². The Hall–Kier alpha value is -1.79. The molecule has 18 heavy (non-hydrogen) atoms. The summed E-state index contributed by atoms with van der Waals surface area (Å²) in [6.45, 7) is 0. The Morgan fingerprint density at radius 1 is 1.56 bits per heavy atom. The molecule has 0 saturated heterocycles. The maximum absolute atomic E-state index is 11.9. The molecule has 0 bridgehead atoms. The Morgan fingerprint density at radius 3 is 2.94 bits per heavy atom. The molecule has 0 aliphatic carbocycles. The molecule has 0 fully saturated rings. The summed E-state index contributed by atoms with van der Waals surface area (Å²) in [5, 5.41) is 12.5. The molecule has 94 valence electrons. The zero-order valence-electron chi connectivity index (χ0n) is 9.31. The summed E-state index contributed by atoms with van der Waals surface area (Å²) in [5.74, 6) is -0.122. The van der Waals surface area contributed by atoms with Gasteiger partial charge in [0.15, 0.2) is 5.13 Å². The highest BCUT2D eigenvalue weighted by Gasteiger charge is 2.14. The van der Waals surface area contributed by atoms with E-state index in [2.05, 4.69) is 10.3 Å². The molecule has 2 N–H and O–H groups in total. The maximum atomic E-state index is 11.9. The second-order valence-corrected chi connectivity index (χ2v) is 4.97. The fourth-order valence-electron chi connectivity index (χ4n) is 1.30. The van der Waals surface area contributed by atoms with Gasteiger partial charge in [-0.1, -0.05) is 22.9 Å². The lowest BCUT2D eigenvalue weighted by Crippen LogP contribution is -2.11. The number of halogens is 1. The van der Waals surface area contributed by atoms with Gasteiger partial charge in [-0.2, -0.15) is 0 Å². The van der Waals surface area contributed by atoms with Gasteiger partial charge < -0.3 is 9.84 Å². The number of benzene rings is 1. The first-order chi connectivity index (χ1) is 8.60. The van der Waals surface area contributed by atoms with E-state index in [9.17, 15) is 9.90 Å². The number of thiazole rings is 1. The van der Waals surface area contributed by atoms with Crippen molar-refractivity contribution in [2.24, 2.45) is 0 Å². The molecular formula is C11H9ClN2O3S. The number of anilines is 1. The molecule has 0 saturated carbocycles. The standard InChI is InChI=1S/C11H9ClN2O3S/c1-17-6-2-3-8(15)7(4-6)10(16)14-11-13-5-9(12)18-11/h2-5,15H,1H3,(H,13,14,16). The Kier molecular flexibility index (Phi) is 3.69. The van der Waals surface area contributed by atoms with Crippen molar-refractivity contribution in [2.75, 3.05) is 12.4 Å². The first-order valence-electron chi connectivity index (χ1n) is 4.90. The largest absolute Gasteiger partial charge is 0.507 e. The summed E-state index contributed by atoms with van der Waals surface area (Å²) in [4.78, 5) is 15.8. The minimum Gasteiger partial charge on any atom is -0.507 e. The van der Waals surface area contributed by atoms with Crippen molar-refractivity contribution in [1.29, 1.82) is 0 Å². The summed E-state index contributed by atoms with van der Waals surface area (Å²) < 4.78 is 5.46. The molecule has 5 nitrogen and oxygen atoms in total. The molecule has 1 aromatic heterocycles. The van der Waals surface area contributed by atoms with E-state index in [4.69, 9.17) is 16.3 Å². The predicted molar refractivity (Wildman–Crippen MR) is 69.7 cm³/mol. The SMILES string of the molecule is COc1ccc(O)c(C(=O)Nc2ncc(Cl)s2)c1. The molecule has 0 aliphatic heterocycles. The fraction of sp³-hybridized carbons (Fsp3) is 0.0909. The van der Waals surface area contributed by atoms with Crippen molar-refractivity contribution in [1.82, 2.24) is 4.98 Å². The lowest BCUT2D eigenvalue weighted by molar-refractivity contribution is 0.102. The molecule has 1 aromatic carbocycles. The number of rotatable bonds is 3. The second-order valence-electron chi connectivity index (χ2n) is 3.31. The van der Waals surface area contributed by atoms with Crippen LogP contribution in [0.5, 0.6) is 11.5 Å². The molecule has 0 spiro atoms. The number of phenols is 1. The van der Waals surface area contributed by atoms with Gasteiger partial charge in [0.05, 0.1) is 18.9 Å². The van der Waals surface area contributed by atoms with Crippen LogP contribution in [0.25, 0.3) is 0 Å². The molecule has 1 heterocycles. The number of carbonyl (C=O) groups is 1. The number of aromatic hydroxyl groups is 1. The highest BCUT2D eigenvalue weighted by Crippen LogP contribution is 2.26. The van der Waals surface area contributed by atoms with Gasteiger partial charge in [0.25, 0.3) is 5.91 Å². The van der Waals surface area contributed by atoms with E-state index >= 15 is 0 Å². The van der Waals surface area contributed by atoms with Crippen LogP contribution in [0.15, 0.2) is 24.4 Å². The minimum absolute atomic E-state index is 0.112. The fourth-order valence-corrected chi connectivity index (χ4v) is 2.11. The Bertz CT molecular complexity index is 585. The summed E-state index contributed by atoms with van der Waals surface area (Å²) >= 11 is 6.84. The van der Waals surface area contributed by atoms with Crippen LogP contribution >= 0.6 is 22.9 Å². The molecule has 2 aromatic rings. The van der Waals surface area contributed by atoms with Crippen molar-refractivity contribution in [3.8, 4) is 11.5 Å². The molecular weight excluding hydrogens is 276 g/mol. The lowest BCUT2D eigenvalue weighted by atomic mass is 10.2. The van der Waals surface area contributed by atoms with E-state index < -0.39 is 5.91 Å². The number of nitrogens with one attached hydrogen (secondary N) is 1. The molecule has 0 radical (unpaired) electrons. The molecule has 0 aliphatic rings. The summed E-state index contributed by atoms with van der Waals surface area (Å²) in [7, 11) is 1.48. The van der Waals surface area contributed by atoms with Gasteiger partial charge in [0.2, 0.25) is 0 Å². The molecule has 2 rings (SSSR count). The van der Waals surface area contributed by atoms with Crippen molar-refractivity contribution < 1.29 is 14.6 Å². The van der Waals surface area contributed by atoms with Crippen LogP contribution in [-0.2, 0) is 0 Å². The smallest absolute Gasteiger partial charge is 0.261 e. The Balaban J connectivity index is 2.23. The van der Waals surface area contributed by atoms with Gasteiger partial charge in [-0.05, 0) is 18.2 Å². The quantitative estimate of drug-likeness (QED) is 0.909. The van der Waals surface area contributed by atoms with E-state index in [0.717, 1.165) is 11.3 Å². The van der Waals surface area contributed by atoms with Crippen LogP contribution in [0.1, 0.15) is 10.4 Å². The number of carbonyl (C=O) groups excluding carboxylic acids is 1. The third-order valence-corrected chi connectivity index (χ3v) is 3.18. The van der Waals surface area contributed by atoms with Crippen LogP contribution in [0.4, 0.5) is 5.13 Å². The zero-order chi connectivity index (χ0) is 13.1. The van der Waals surface area contributed by atoms with Crippen LogP contribution in [0.2, 0.25) is 4.34 Å². The molecule has 0 atom stereocenters. The van der Waals surface area contributed by atoms with Gasteiger partial charge in [-0.3, -0.25) is 10.1 Å². The number of methoxy groups -OCH3 is 1. The van der Waals surface area contributed by atoms with E-state index in [0.29, 0.717) is 15.2 Å². The van der Waals surface area contributed by atoms with E-state index in [1.54, 1.807) is 6.07 Å². The van der Waals surface area contributed by atoms with E-state index in [1.165, 1.54) is 25.4 Å². The van der Waals surface area contributed by atoms with Gasteiger partial charge in [-0.15, -0.1) is 0 Å². The maximum Gasteiger partial charge on any atom is 0.261 e. The third kappa shape index (κ3) is 2.72. The summed E-state index contributed by atoms with van der Waals surface area (Å²) in [6.07, 6.45) is 1.44. The van der Waals surface area contributed by atoms with E-state index in [-0.39, 0.29) is 11.3 Å². The van der Waals surface area contributed by atoms with Gasteiger partial charge in [-0.25, -0.2) is 4.98 Å². The van der Waals surface area contributed by atoms with E-state index in [1.807, 2.05) is 0 Å². The highest BCUT2D eigenvalue weighted by atomic mass is 35.5. The molecule has 7 heteroatoms. The average Bonchev–Trinajstić information content (AvgIpc) is 2.75. The van der Waals surface area contributed by atoms with Crippen molar-refractivity contribution in [3.05, 3.63) is 34.3 Å². The van der Waals surface area contributed by atoms with Gasteiger partial charge in [0.1, 0.15) is 15.8 Å². The number of hydrogen-bond acceptors (Lipinski definition) is 5. The number of ether oxygens (including phenoxy) is 1. The van der Waals surface area contributed by atoms with Gasteiger partial charge >= 0.3 is 0 Å². The first-order valence-corrected chi connectivity index (χ1v) is 6.09.